The molecule has 0 radical (unpaired) electrons. The van der Waals surface area contributed by atoms with E-state index in [2.05, 4.69) is 31.5 Å². The lowest BCUT2D eigenvalue weighted by molar-refractivity contribution is 0.0532. The molecule has 0 aliphatic rings. The molecule has 1 heterocycles. The second-order valence-electron chi connectivity index (χ2n) is 5.64. The zero-order valence-electron chi connectivity index (χ0n) is 15.8. The Hall–Kier alpha value is -2.02. The topological polar surface area (TPSA) is 89.3 Å². The summed E-state index contributed by atoms with van der Waals surface area (Å²) in [6, 6.07) is 7.65. The number of nitrogen functional groups attached to an aromatic ring is 1. The molecule has 0 atom stereocenters. The zero-order chi connectivity index (χ0) is 19.5. The van der Waals surface area contributed by atoms with Gasteiger partial charge in [0, 0.05) is 5.39 Å². The number of carbonyl (C=O) groups excluding carboxylic acids is 1. The normalized spacial score (nSPS) is 9.88. The van der Waals surface area contributed by atoms with Crippen molar-refractivity contribution in [2.24, 2.45) is 0 Å². The first-order valence-electron chi connectivity index (χ1n) is 8.08. The van der Waals surface area contributed by atoms with Crippen LogP contribution in [0.25, 0.3) is 10.9 Å². The van der Waals surface area contributed by atoms with Crippen molar-refractivity contribution in [1.82, 2.24) is 10.3 Å². The molecule has 0 saturated heterocycles. The summed E-state index contributed by atoms with van der Waals surface area (Å²) in [7, 11) is 0. The number of hydrogen-bond donors (Lipinski definition) is 3. The fourth-order valence-corrected chi connectivity index (χ4v) is 1.87. The van der Waals surface area contributed by atoms with Crippen LogP contribution in [0.5, 0.6) is 0 Å². The Balaban J connectivity index is 0.00000134. The third kappa shape index (κ3) is 8.07. The summed E-state index contributed by atoms with van der Waals surface area (Å²) < 4.78 is 5.16. The van der Waals surface area contributed by atoms with Crippen LogP contribution in [0.4, 0.5) is 16.2 Å². The van der Waals surface area contributed by atoms with Crippen molar-refractivity contribution in [3.8, 4) is 0 Å². The van der Waals surface area contributed by atoms with Gasteiger partial charge in [-0.05, 0) is 32.7 Å². The number of amides is 1. The first kappa shape index (κ1) is 23.0. The lowest BCUT2D eigenvalue weighted by Crippen LogP contribution is -2.35. The molecule has 140 valence electrons. The number of nitrogens with two attached hydrogens (primary N) is 1. The lowest BCUT2D eigenvalue weighted by Gasteiger charge is -2.20. The molecule has 0 aliphatic carbocycles. The van der Waals surface area contributed by atoms with Gasteiger partial charge in [0.25, 0.3) is 0 Å². The summed E-state index contributed by atoms with van der Waals surface area (Å²) in [5, 5.41) is 6.63. The van der Waals surface area contributed by atoms with E-state index in [1.807, 2.05) is 64.7 Å². The maximum Gasteiger partial charge on any atom is 0.409 e. The van der Waals surface area contributed by atoms with Crippen molar-refractivity contribution in [3.63, 3.8) is 0 Å². The van der Waals surface area contributed by atoms with Gasteiger partial charge in [0.1, 0.15) is 5.60 Å². The molecule has 4 N–H and O–H groups in total. The van der Waals surface area contributed by atoms with Gasteiger partial charge in [0.05, 0.1) is 29.8 Å². The molecule has 0 unspecified atom stereocenters. The van der Waals surface area contributed by atoms with Crippen LogP contribution < -0.4 is 16.4 Å². The minimum Gasteiger partial charge on any atom is -0.444 e. The fourth-order valence-electron chi connectivity index (χ4n) is 1.87. The molecule has 25 heavy (non-hydrogen) atoms. The molecule has 2 aromatic rings. The zero-order valence-corrected chi connectivity index (χ0v) is 17.4. The molecule has 0 spiro atoms. The van der Waals surface area contributed by atoms with E-state index in [9.17, 15) is 4.79 Å². The molecule has 0 saturated carbocycles. The summed E-state index contributed by atoms with van der Waals surface area (Å²) in [5.74, 6) is 1.81. The molecular formula is C18H29BrN4O2. The molecule has 1 aromatic heterocycles. The number of ether oxygens (including phenoxy) is 1. The van der Waals surface area contributed by atoms with Gasteiger partial charge in [-0.2, -0.15) is 0 Å². The monoisotopic (exact) mass is 412 g/mol. The average Bonchev–Trinajstić information content (AvgIpc) is 2.59. The number of rotatable bonds is 3. The number of aromatic nitrogens is 1. The van der Waals surface area contributed by atoms with Crippen LogP contribution in [-0.2, 0) is 4.74 Å². The summed E-state index contributed by atoms with van der Waals surface area (Å²) >= 11 is 2.94. The Labute approximate surface area is 158 Å². The van der Waals surface area contributed by atoms with Gasteiger partial charge >= 0.3 is 6.09 Å². The van der Waals surface area contributed by atoms with E-state index in [4.69, 9.17) is 10.5 Å². The Morgan fingerprint density at radius 3 is 2.44 bits per heavy atom. The molecular weight excluding hydrogens is 384 g/mol. The van der Waals surface area contributed by atoms with Crippen molar-refractivity contribution in [3.05, 3.63) is 30.5 Å². The molecule has 0 fully saturated rings. The van der Waals surface area contributed by atoms with Crippen molar-refractivity contribution in [1.29, 1.82) is 0 Å². The van der Waals surface area contributed by atoms with E-state index < -0.39 is 11.7 Å². The molecule has 6 nitrogen and oxygen atoms in total. The Bertz CT molecular complexity index is 657. The van der Waals surface area contributed by atoms with Crippen LogP contribution in [0.2, 0.25) is 0 Å². The SMILES string of the molecule is CBr.CC.CC(C)(C)OC(=O)NCNc1c(N)cnc2ccccc12. The Morgan fingerprint density at radius 2 is 1.84 bits per heavy atom. The Morgan fingerprint density at radius 1 is 1.24 bits per heavy atom. The van der Waals surface area contributed by atoms with Crippen molar-refractivity contribution >= 4 is 44.3 Å². The van der Waals surface area contributed by atoms with E-state index in [1.165, 1.54) is 0 Å². The highest BCUT2D eigenvalue weighted by Crippen LogP contribution is 2.26. The molecule has 1 amide bonds. The highest BCUT2D eigenvalue weighted by Gasteiger charge is 2.15. The smallest absolute Gasteiger partial charge is 0.409 e. The number of nitrogens with one attached hydrogen (secondary N) is 2. The van der Waals surface area contributed by atoms with Crippen molar-refractivity contribution in [2.45, 2.75) is 40.2 Å². The van der Waals surface area contributed by atoms with Crippen LogP contribution in [0.1, 0.15) is 34.6 Å². The van der Waals surface area contributed by atoms with E-state index in [-0.39, 0.29) is 6.67 Å². The summed E-state index contributed by atoms with van der Waals surface area (Å²) in [6.45, 7) is 9.66. The fraction of sp³-hybridized carbons (Fsp3) is 0.444. The number of halogens is 1. The molecule has 2 rings (SSSR count). The van der Waals surface area contributed by atoms with Gasteiger partial charge in [-0.3, -0.25) is 4.98 Å². The van der Waals surface area contributed by atoms with E-state index in [0.717, 1.165) is 16.6 Å². The maximum absolute atomic E-state index is 11.6. The number of carbonyl (C=O) groups is 1. The quantitative estimate of drug-likeness (QED) is 0.499. The van der Waals surface area contributed by atoms with Crippen LogP contribution in [-0.4, -0.2) is 29.2 Å². The van der Waals surface area contributed by atoms with Crippen LogP contribution in [0.3, 0.4) is 0 Å². The number of nitrogens with zero attached hydrogens (tertiary/aromatic N) is 1. The summed E-state index contributed by atoms with van der Waals surface area (Å²) in [4.78, 5) is 15.8. The number of alkyl carbamates (subject to hydrolysis) is 1. The average molecular weight is 413 g/mol. The number of benzene rings is 1. The minimum absolute atomic E-state index is 0.215. The van der Waals surface area contributed by atoms with Crippen molar-refractivity contribution < 1.29 is 9.53 Å². The van der Waals surface area contributed by atoms with Crippen LogP contribution in [0.15, 0.2) is 30.5 Å². The number of alkyl halides is 1. The van der Waals surface area contributed by atoms with E-state index in [1.54, 1.807) is 6.20 Å². The molecule has 0 bridgehead atoms. The van der Waals surface area contributed by atoms with Gasteiger partial charge in [0.15, 0.2) is 0 Å². The second kappa shape index (κ2) is 11.5. The summed E-state index contributed by atoms with van der Waals surface area (Å²) in [5.41, 5.74) is 7.53. The van der Waals surface area contributed by atoms with Crippen LogP contribution in [0, 0.1) is 0 Å². The number of pyridine rings is 1. The van der Waals surface area contributed by atoms with Crippen molar-refractivity contribution in [2.75, 3.05) is 23.6 Å². The highest BCUT2D eigenvalue weighted by atomic mass is 79.9. The van der Waals surface area contributed by atoms with Gasteiger partial charge in [-0.15, -0.1) is 0 Å². The highest BCUT2D eigenvalue weighted by molar-refractivity contribution is 9.08. The van der Waals surface area contributed by atoms with Gasteiger partial charge < -0.3 is 21.1 Å². The molecule has 1 aromatic carbocycles. The Kier molecular flexibility index (Phi) is 10.6. The van der Waals surface area contributed by atoms with Crippen LogP contribution >= 0.6 is 15.9 Å². The largest absolute Gasteiger partial charge is 0.444 e. The molecule has 0 aliphatic heterocycles. The van der Waals surface area contributed by atoms with E-state index >= 15 is 0 Å². The standard InChI is InChI=1S/C15H20N4O2.C2H6.CH3Br/c1-15(2,3)21-14(20)19-9-18-13-10-6-4-5-7-12(10)17-8-11(13)16;2*1-2/h4-8H,9,16H2,1-3H3,(H,17,18)(H,19,20);1-2H3;1H3. The first-order chi connectivity index (χ1) is 11.9. The molecule has 7 heteroatoms. The predicted molar refractivity (Wildman–Crippen MR) is 110 cm³/mol. The number of fused-ring (bicyclic) bond motifs is 1. The second-order valence-corrected chi connectivity index (χ2v) is 5.64. The summed E-state index contributed by atoms with van der Waals surface area (Å²) in [6.07, 6.45) is 1.12. The number of hydrogen-bond acceptors (Lipinski definition) is 5. The number of anilines is 2. The lowest BCUT2D eigenvalue weighted by atomic mass is 10.1. The third-order valence-corrected chi connectivity index (χ3v) is 2.70. The first-order valence-corrected chi connectivity index (χ1v) is 9.67. The predicted octanol–water partition coefficient (Wildman–Crippen LogP) is 4.75. The van der Waals surface area contributed by atoms with Gasteiger partial charge in [-0.25, -0.2) is 4.79 Å². The maximum atomic E-state index is 11.6. The minimum atomic E-state index is -0.521. The number of para-hydroxylation sites is 1. The van der Waals surface area contributed by atoms with Gasteiger partial charge in [-0.1, -0.05) is 48.0 Å². The third-order valence-electron chi connectivity index (χ3n) is 2.70. The van der Waals surface area contributed by atoms with Gasteiger partial charge in [0.2, 0.25) is 0 Å². The van der Waals surface area contributed by atoms with E-state index in [0.29, 0.717) is 5.69 Å².